The molecule has 0 unspecified atom stereocenters. The van der Waals surface area contributed by atoms with Gasteiger partial charge in [-0.1, -0.05) is 30.3 Å². The fourth-order valence-corrected chi connectivity index (χ4v) is 3.07. The first-order valence-corrected chi connectivity index (χ1v) is 7.68. The minimum absolute atomic E-state index is 0.236. The molecule has 0 aliphatic carbocycles. The van der Waals surface area contributed by atoms with Gasteiger partial charge in [-0.3, -0.25) is 0 Å². The van der Waals surface area contributed by atoms with Gasteiger partial charge in [0.2, 0.25) is 4.77 Å². The molecule has 0 aliphatic rings. The molecule has 0 bridgehead atoms. The average Bonchev–Trinajstić information content (AvgIpc) is 2.53. The van der Waals surface area contributed by atoms with Crippen molar-refractivity contribution in [2.24, 2.45) is 0 Å². The lowest BCUT2D eigenvalue weighted by molar-refractivity contribution is 0.415. The van der Waals surface area contributed by atoms with Crippen LogP contribution in [0.2, 0.25) is 0 Å². The molecule has 1 aromatic heterocycles. The van der Waals surface area contributed by atoms with Gasteiger partial charge in [-0.05, 0) is 38.2 Å². The van der Waals surface area contributed by atoms with E-state index in [-0.39, 0.29) is 6.04 Å². The SMILES string of the molecule is COc1ccc2c(-c3ccccc3)nc(=S)n(C(C)C)c2c1. The van der Waals surface area contributed by atoms with Crippen molar-refractivity contribution in [2.75, 3.05) is 7.11 Å². The first kappa shape index (κ1) is 14.7. The van der Waals surface area contributed by atoms with E-state index < -0.39 is 0 Å². The Kier molecular flexibility index (Phi) is 3.94. The molecule has 0 radical (unpaired) electrons. The summed E-state index contributed by atoms with van der Waals surface area (Å²) < 4.78 is 8.04. The fraction of sp³-hybridized carbons (Fsp3) is 0.222. The van der Waals surface area contributed by atoms with Crippen LogP contribution in [0.1, 0.15) is 19.9 Å². The molecule has 22 heavy (non-hydrogen) atoms. The zero-order valence-electron chi connectivity index (χ0n) is 12.9. The Morgan fingerprint density at radius 1 is 1.09 bits per heavy atom. The third kappa shape index (κ3) is 2.50. The van der Waals surface area contributed by atoms with Crippen LogP contribution in [-0.2, 0) is 0 Å². The summed E-state index contributed by atoms with van der Waals surface area (Å²) in [4.78, 5) is 4.69. The Hall–Kier alpha value is -2.20. The van der Waals surface area contributed by atoms with Crippen LogP contribution in [0.4, 0.5) is 0 Å². The summed E-state index contributed by atoms with van der Waals surface area (Å²) in [6, 6.07) is 16.4. The van der Waals surface area contributed by atoms with Crippen molar-refractivity contribution >= 4 is 23.1 Å². The Labute approximate surface area is 135 Å². The van der Waals surface area contributed by atoms with Crippen molar-refractivity contribution < 1.29 is 4.74 Å². The zero-order valence-corrected chi connectivity index (χ0v) is 13.7. The highest BCUT2D eigenvalue weighted by Crippen LogP contribution is 2.31. The summed E-state index contributed by atoms with van der Waals surface area (Å²) in [6.45, 7) is 4.22. The molecule has 112 valence electrons. The van der Waals surface area contributed by atoms with E-state index in [1.54, 1.807) is 7.11 Å². The lowest BCUT2D eigenvalue weighted by atomic mass is 10.1. The van der Waals surface area contributed by atoms with Crippen molar-refractivity contribution in [1.29, 1.82) is 0 Å². The summed E-state index contributed by atoms with van der Waals surface area (Å²) in [5.74, 6) is 0.821. The molecule has 0 amide bonds. The lowest BCUT2D eigenvalue weighted by Crippen LogP contribution is -2.08. The molecule has 1 heterocycles. The highest BCUT2D eigenvalue weighted by molar-refractivity contribution is 7.71. The fourth-order valence-electron chi connectivity index (χ4n) is 2.67. The van der Waals surface area contributed by atoms with Crippen LogP contribution in [0.3, 0.4) is 0 Å². The highest BCUT2D eigenvalue weighted by atomic mass is 32.1. The molecule has 0 spiro atoms. The minimum Gasteiger partial charge on any atom is -0.497 e. The van der Waals surface area contributed by atoms with E-state index in [1.807, 2.05) is 30.3 Å². The highest BCUT2D eigenvalue weighted by Gasteiger charge is 2.13. The quantitative estimate of drug-likeness (QED) is 0.635. The molecule has 3 aromatic rings. The van der Waals surface area contributed by atoms with Crippen LogP contribution in [0.15, 0.2) is 48.5 Å². The van der Waals surface area contributed by atoms with Gasteiger partial charge >= 0.3 is 0 Å². The summed E-state index contributed by atoms with van der Waals surface area (Å²) in [7, 11) is 1.68. The predicted octanol–water partition coefficient (Wildman–Crippen LogP) is 5.02. The lowest BCUT2D eigenvalue weighted by Gasteiger charge is -2.17. The van der Waals surface area contributed by atoms with Crippen LogP contribution in [0.5, 0.6) is 5.75 Å². The van der Waals surface area contributed by atoms with Gasteiger partial charge in [0, 0.05) is 23.1 Å². The number of ether oxygens (including phenoxy) is 1. The molecule has 3 nitrogen and oxygen atoms in total. The van der Waals surface area contributed by atoms with Crippen LogP contribution in [-0.4, -0.2) is 16.7 Å². The summed E-state index contributed by atoms with van der Waals surface area (Å²) >= 11 is 5.53. The molecule has 0 saturated carbocycles. The Balaban J connectivity index is 2.41. The first-order chi connectivity index (χ1) is 10.6. The maximum absolute atomic E-state index is 5.53. The van der Waals surface area contributed by atoms with E-state index in [1.165, 1.54) is 0 Å². The van der Waals surface area contributed by atoms with Crippen molar-refractivity contribution in [1.82, 2.24) is 9.55 Å². The monoisotopic (exact) mass is 310 g/mol. The number of nitrogens with zero attached hydrogens (tertiary/aromatic N) is 2. The summed E-state index contributed by atoms with van der Waals surface area (Å²) in [5, 5.41) is 1.08. The molecular weight excluding hydrogens is 292 g/mol. The van der Waals surface area contributed by atoms with Crippen molar-refractivity contribution in [3.8, 4) is 17.0 Å². The molecule has 3 rings (SSSR count). The summed E-state index contributed by atoms with van der Waals surface area (Å²) in [5.41, 5.74) is 3.04. The molecule has 0 aliphatic heterocycles. The van der Waals surface area contributed by atoms with Crippen LogP contribution in [0.25, 0.3) is 22.2 Å². The van der Waals surface area contributed by atoms with Gasteiger partial charge in [-0.2, -0.15) is 0 Å². The number of hydrogen-bond donors (Lipinski definition) is 0. The molecule has 0 N–H and O–H groups in total. The largest absolute Gasteiger partial charge is 0.497 e. The molecule has 0 atom stereocenters. The molecule has 2 aromatic carbocycles. The number of methoxy groups -OCH3 is 1. The van der Waals surface area contributed by atoms with Gasteiger partial charge in [0.15, 0.2) is 0 Å². The molecule has 0 saturated heterocycles. The second kappa shape index (κ2) is 5.89. The standard InChI is InChI=1S/C18H18N2OS/c1-12(2)20-16-11-14(21-3)9-10-15(16)17(19-18(20)22)13-7-5-4-6-8-13/h4-12H,1-3H3. The van der Waals surface area contributed by atoms with Crippen LogP contribution in [0, 0.1) is 4.77 Å². The van der Waals surface area contributed by atoms with Crippen molar-refractivity contribution in [2.45, 2.75) is 19.9 Å². The molecular formula is C18H18N2OS. The first-order valence-electron chi connectivity index (χ1n) is 7.27. The van der Waals surface area contributed by atoms with Crippen LogP contribution >= 0.6 is 12.2 Å². The number of fused-ring (bicyclic) bond motifs is 1. The van der Waals surface area contributed by atoms with Gasteiger partial charge in [0.1, 0.15) is 5.75 Å². The van der Waals surface area contributed by atoms with E-state index >= 15 is 0 Å². The second-order valence-corrected chi connectivity index (χ2v) is 5.82. The Morgan fingerprint density at radius 3 is 2.45 bits per heavy atom. The predicted molar refractivity (Wildman–Crippen MR) is 92.9 cm³/mol. The number of aromatic nitrogens is 2. The molecule has 4 heteroatoms. The maximum Gasteiger partial charge on any atom is 0.200 e. The van der Waals surface area contributed by atoms with Crippen LogP contribution < -0.4 is 4.74 Å². The van der Waals surface area contributed by atoms with Gasteiger partial charge in [0.05, 0.1) is 18.3 Å². The third-order valence-electron chi connectivity index (χ3n) is 3.70. The topological polar surface area (TPSA) is 27.1 Å². The number of hydrogen-bond acceptors (Lipinski definition) is 3. The minimum atomic E-state index is 0.236. The summed E-state index contributed by atoms with van der Waals surface area (Å²) in [6.07, 6.45) is 0. The van der Waals surface area contributed by atoms with E-state index in [9.17, 15) is 0 Å². The van der Waals surface area contributed by atoms with Gasteiger partial charge < -0.3 is 9.30 Å². The van der Waals surface area contributed by atoms with Crippen molar-refractivity contribution in [3.63, 3.8) is 0 Å². The second-order valence-electron chi connectivity index (χ2n) is 5.46. The number of benzene rings is 2. The van der Waals surface area contributed by atoms with E-state index in [4.69, 9.17) is 17.0 Å². The zero-order chi connectivity index (χ0) is 15.7. The van der Waals surface area contributed by atoms with Crippen molar-refractivity contribution in [3.05, 3.63) is 53.3 Å². The maximum atomic E-state index is 5.53. The van der Waals surface area contributed by atoms with Gasteiger partial charge in [-0.15, -0.1) is 0 Å². The smallest absolute Gasteiger partial charge is 0.200 e. The van der Waals surface area contributed by atoms with E-state index in [0.29, 0.717) is 4.77 Å². The Bertz CT molecular complexity index is 869. The van der Waals surface area contributed by atoms with Gasteiger partial charge in [-0.25, -0.2) is 4.98 Å². The molecule has 0 fully saturated rings. The van der Waals surface area contributed by atoms with E-state index in [0.717, 1.165) is 27.9 Å². The Morgan fingerprint density at radius 2 is 1.82 bits per heavy atom. The normalized spacial score (nSPS) is 11.1. The van der Waals surface area contributed by atoms with E-state index in [2.05, 4.69) is 41.6 Å². The third-order valence-corrected chi connectivity index (χ3v) is 3.98. The number of rotatable bonds is 3. The average molecular weight is 310 g/mol. The van der Waals surface area contributed by atoms with Gasteiger partial charge in [0.25, 0.3) is 0 Å².